The molecule has 0 heterocycles. The average Bonchev–Trinajstić information content (AvgIpc) is 3.15. The molecule has 5 aromatic carbocycles. The van der Waals surface area contributed by atoms with Crippen molar-refractivity contribution < 1.29 is 37.3 Å². The average molecular weight is 739 g/mol. The number of hydrogen-bond acceptors (Lipinski definition) is 9. The number of rotatable bonds is 18. The quantitative estimate of drug-likeness (QED) is 0.0635. The van der Waals surface area contributed by atoms with Crippen molar-refractivity contribution in [2.45, 2.75) is 46.1 Å². The van der Waals surface area contributed by atoms with Crippen molar-refractivity contribution in [2.75, 3.05) is 30.7 Å². The summed E-state index contributed by atoms with van der Waals surface area (Å²) in [5, 5.41) is 14.4. The Labute approximate surface area is 311 Å². The lowest BCUT2D eigenvalue weighted by atomic mass is 9.99. The van der Waals surface area contributed by atoms with E-state index in [9.17, 15) is 18.3 Å². The summed E-state index contributed by atoms with van der Waals surface area (Å²) in [6.07, 6.45) is 0.148. The SMILES string of the molecule is Cc1cc(-c2ccc(OCC(=O)OCc3ccccc3)cc2)cc(C)c1OCCN[C@@H](C)[C@H](O)c1ccc(OCc2ccccc2)c(NS(C)(=O)=O)c1. The highest BCUT2D eigenvalue weighted by atomic mass is 32.2. The van der Waals surface area contributed by atoms with E-state index in [-0.39, 0.29) is 31.5 Å². The van der Waals surface area contributed by atoms with Crippen molar-refractivity contribution >= 4 is 21.7 Å². The molecule has 3 N–H and O–H groups in total. The Hall–Kier alpha value is -5.36. The molecule has 0 unspecified atom stereocenters. The van der Waals surface area contributed by atoms with Gasteiger partial charge >= 0.3 is 5.97 Å². The van der Waals surface area contributed by atoms with Crippen molar-refractivity contribution in [1.82, 2.24) is 5.32 Å². The summed E-state index contributed by atoms with van der Waals surface area (Å²) in [5.41, 5.74) is 6.63. The van der Waals surface area contributed by atoms with Gasteiger partial charge in [-0.05, 0) is 96.1 Å². The number of benzene rings is 5. The van der Waals surface area contributed by atoms with Crippen LogP contribution in [0.2, 0.25) is 0 Å². The maximum atomic E-state index is 12.1. The Morgan fingerprint density at radius 3 is 2.00 bits per heavy atom. The summed E-state index contributed by atoms with van der Waals surface area (Å²) in [4.78, 5) is 12.1. The summed E-state index contributed by atoms with van der Waals surface area (Å²) in [6, 6.07) is 35.4. The number of nitrogens with one attached hydrogen (secondary N) is 2. The first-order chi connectivity index (χ1) is 25.4. The minimum Gasteiger partial charge on any atom is -0.492 e. The topological polar surface area (TPSA) is 132 Å². The summed E-state index contributed by atoms with van der Waals surface area (Å²) < 4.78 is 49.7. The zero-order valence-electron chi connectivity index (χ0n) is 30.4. The molecular weight excluding hydrogens is 693 g/mol. The zero-order valence-corrected chi connectivity index (χ0v) is 31.2. The lowest BCUT2D eigenvalue weighted by Crippen LogP contribution is -2.35. The van der Waals surface area contributed by atoms with Crippen molar-refractivity contribution in [3.05, 3.63) is 143 Å². The molecule has 0 fully saturated rings. The molecule has 5 rings (SSSR count). The fraction of sp³-hybridized carbons (Fsp3) is 0.262. The van der Waals surface area contributed by atoms with Crippen LogP contribution in [-0.4, -0.2) is 51.5 Å². The van der Waals surface area contributed by atoms with E-state index in [1.807, 2.05) is 106 Å². The van der Waals surface area contributed by atoms with Crippen LogP contribution in [0.5, 0.6) is 17.2 Å². The van der Waals surface area contributed by atoms with Crippen LogP contribution in [0.3, 0.4) is 0 Å². The van der Waals surface area contributed by atoms with Gasteiger partial charge in [-0.1, -0.05) is 78.9 Å². The van der Waals surface area contributed by atoms with Crippen molar-refractivity contribution in [3.63, 3.8) is 0 Å². The number of aliphatic hydroxyl groups is 1. The molecule has 0 spiro atoms. The number of carbonyl (C=O) groups excluding carboxylic acids is 1. The van der Waals surface area contributed by atoms with Gasteiger partial charge < -0.3 is 29.4 Å². The second kappa shape index (κ2) is 18.4. The fourth-order valence-corrected chi connectivity index (χ4v) is 6.28. The van der Waals surface area contributed by atoms with Crippen molar-refractivity contribution in [2.24, 2.45) is 0 Å². The van der Waals surface area contributed by atoms with E-state index >= 15 is 0 Å². The molecule has 0 aliphatic heterocycles. The van der Waals surface area contributed by atoms with E-state index in [0.29, 0.717) is 30.2 Å². The van der Waals surface area contributed by atoms with Gasteiger partial charge in [0.25, 0.3) is 0 Å². The molecule has 0 radical (unpaired) electrons. The van der Waals surface area contributed by atoms with E-state index < -0.39 is 22.1 Å². The standard InChI is InChI=1S/C42H46N2O8S/c1-29-23-36(34-15-18-37(19-16-34)50-28-40(45)52-27-33-13-9-6-10-14-33)24-30(2)42(29)49-22-21-43-31(3)41(46)35-17-20-39(38(25-35)44-53(4,47)48)51-26-32-11-7-5-8-12-32/h5-20,23-25,31,41,43-44,46H,21-22,26-28H2,1-4H3/t31-,41-/m0/s1. The van der Waals surface area contributed by atoms with E-state index in [0.717, 1.165) is 45.4 Å². The van der Waals surface area contributed by atoms with Crippen LogP contribution in [0.4, 0.5) is 5.69 Å². The van der Waals surface area contributed by atoms with Gasteiger partial charge in [0, 0.05) is 12.6 Å². The first kappa shape index (κ1) is 38.9. The molecule has 0 aliphatic rings. The third kappa shape index (κ3) is 11.8. The highest BCUT2D eigenvalue weighted by Gasteiger charge is 2.19. The summed E-state index contributed by atoms with van der Waals surface area (Å²) in [7, 11) is -3.59. The predicted octanol–water partition coefficient (Wildman–Crippen LogP) is 7.13. The largest absolute Gasteiger partial charge is 0.492 e. The second-order valence-corrected chi connectivity index (χ2v) is 14.6. The lowest BCUT2D eigenvalue weighted by molar-refractivity contribution is -0.147. The van der Waals surface area contributed by atoms with E-state index in [4.69, 9.17) is 18.9 Å². The van der Waals surface area contributed by atoms with Gasteiger partial charge in [0.1, 0.15) is 37.1 Å². The number of ether oxygens (including phenoxy) is 4. The lowest BCUT2D eigenvalue weighted by Gasteiger charge is -2.23. The molecule has 278 valence electrons. The number of esters is 1. The monoisotopic (exact) mass is 738 g/mol. The highest BCUT2D eigenvalue weighted by Crippen LogP contribution is 2.32. The van der Waals surface area contributed by atoms with Crippen LogP contribution >= 0.6 is 0 Å². The first-order valence-electron chi connectivity index (χ1n) is 17.3. The zero-order chi connectivity index (χ0) is 37.8. The maximum absolute atomic E-state index is 12.1. The third-order valence-corrected chi connectivity index (χ3v) is 9.00. The number of hydrogen-bond donors (Lipinski definition) is 3. The second-order valence-electron chi connectivity index (χ2n) is 12.8. The van der Waals surface area contributed by atoms with Crippen molar-refractivity contribution in [3.8, 4) is 28.4 Å². The minimum atomic E-state index is -3.59. The predicted molar refractivity (Wildman–Crippen MR) is 207 cm³/mol. The summed E-state index contributed by atoms with van der Waals surface area (Å²) in [6.45, 7) is 6.98. The maximum Gasteiger partial charge on any atom is 0.344 e. The van der Waals surface area contributed by atoms with Gasteiger partial charge in [0.05, 0.1) is 18.0 Å². The molecular formula is C42H46N2O8S. The normalized spacial score (nSPS) is 12.4. The Morgan fingerprint density at radius 2 is 1.38 bits per heavy atom. The van der Waals surface area contributed by atoms with Gasteiger partial charge in [-0.15, -0.1) is 0 Å². The number of sulfonamides is 1. The number of anilines is 1. The van der Waals surface area contributed by atoms with Crippen molar-refractivity contribution in [1.29, 1.82) is 0 Å². The molecule has 0 bridgehead atoms. The molecule has 0 saturated heterocycles. The van der Waals surface area contributed by atoms with Gasteiger partial charge in [-0.3, -0.25) is 4.72 Å². The van der Waals surface area contributed by atoms with E-state index in [2.05, 4.69) is 22.2 Å². The Bertz CT molecular complexity index is 2030. The molecule has 2 atom stereocenters. The Balaban J connectivity index is 1.10. The number of carbonyl (C=O) groups is 1. The van der Waals surface area contributed by atoms with E-state index in [1.54, 1.807) is 18.2 Å². The summed E-state index contributed by atoms with van der Waals surface area (Å²) in [5.74, 6) is 1.29. The highest BCUT2D eigenvalue weighted by molar-refractivity contribution is 7.92. The molecule has 0 amide bonds. The molecule has 0 aromatic heterocycles. The molecule has 0 saturated carbocycles. The van der Waals surface area contributed by atoms with Gasteiger partial charge in [0.15, 0.2) is 6.61 Å². The molecule has 0 aliphatic carbocycles. The van der Waals surface area contributed by atoms with Crippen LogP contribution < -0.4 is 24.2 Å². The number of aliphatic hydroxyl groups excluding tert-OH is 1. The minimum absolute atomic E-state index is 0.176. The van der Waals surface area contributed by atoms with Crippen LogP contribution in [0.15, 0.2) is 115 Å². The Kier molecular flexibility index (Phi) is 13.5. The van der Waals surface area contributed by atoms with Crippen LogP contribution in [-0.2, 0) is 32.8 Å². The fourth-order valence-electron chi connectivity index (χ4n) is 5.72. The number of aryl methyl sites for hydroxylation is 2. The third-order valence-electron chi connectivity index (χ3n) is 8.41. The van der Waals surface area contributed by atoms with Gasteiger partial charge in [-0.2, -0.15) is 0 Å². The van der Waals surface area contributed by atoms with Crippen LogP contribution in [0.25, 0.3) is 11.1 Å². The van der Waals surface area contributed by atoms with Gasteiger partial charge in [-0.25, -0.2) is 13.2 Å². The first-order valence-corrected chi connectivity index (χ1v) is 19.2. The smallest absolute Gasteiger partial charge is 0.344 e. The van der Waals surface area contributed by atoms with E-state index in [1.165, 1.54) is 0 Å². The van der Waals surface area contributed by atoms with Crippen LogP contribution in [0.1, 0.15) is 40.8 Å². The summed E-state index contributed by atoms with van der Waals surface area (Å²) >= 11 is 0. The molecule has 11 heteroatoms. The van der Waals surface area contributed by atoms with Gasteiger partial charge in [0.2, 0.25) is 10.0 Å². The molecule has 5 aromatic rings. The van der Waals surface area contributed by atoms with Crippen LogP contribution in [0, 0.1) is 13.8 Å². The molecule has 53 heavy (non-hydrogen) atoms. The Morgan fingerprint density at radius 1 is 0.755 bits per heavy atom. The molecule has 10 nitrogen and oxygen atoms in total.